The summed E-state index contributed by atoms with van der Waals surface area (Å²) >= 11 is 0. The van der Waals surface area contributed by atoms with Crippen molar-refractivity contribution in [1.29, 1.82) is 0 Å². The van der Waals surface area contributed by atoms with Crippen molar-refractivity contribution in [3.05, 3.63) is 231 Å². The maximum absolute atomic E-state index is 12.9. The van der Waals surface area contributed by atoms with Gasteiger partial charge >= 0.3 is 19.8 Å². The molecule has 2 atom stereocenters. The van der Waals surface area contributed by atoms with E-state index in [9.17, 15) is 19.0 Å². The standard InChI is InChI=1S/C82H126NO8P/c1-6-8-10-12-14-16-18-20-22-24-26-28-30-32-34-36-38-40-41-43-45-47-49-51-53-55-57-59-61-63-65-67-69-71-73-75-82(85)91-80(79-90-92(86,87)89-77-76-83(3,4)5)78-88-81(84)74-72-70-68-66-64-62-60-58-56-54-52-50-48-46-44-42-39-37-35-33-31-29-27-25-23-21-19-17-15-13-11-9-7-2/h8-11,14-17,20-23,26-29,32-35,38-40,42-43,45-46,48-49,51-52,54-55,57-58,60-61,63,80H,6-7,12-13,18-19,24-25,30-31,36-37,41,44,47,50,53,56,59,62,64-79H2,1-5H3/p+1/b10-8-,11-9-,16-14-,17-15-,22-20-,23-21-,28-26-,29-27-,34-32-,35-33-,40-38-,42-39-,45-43-,48-46-,51-49-,54-52-,57-55-,60-58-,63-61-. The molecule has 92 heavy (non-hydrogen) atoms. The van der Waals surface area contributed by atoms with Crippen LogP contribution in [-0.4, -0.2) is 74.9 Å². The molecule has 0 rings (SSSR count). The first-order chi connectivity index (χ1) is 45.0. The van der Waals surface area contributed by atoms with Crippen LogP contribution in [0.4, 0.5) is 0 Å². The third-order valence-electron chi connectivity index (χ3n) is 13.7. The molecule has 1 N–H and O–H groups in total. The number of phosphoric acid groups is 1. The van der Waals surface area contributed by atoms with Crippen molar-refractivity contribution in [3.8, 4) is 0 Å². The smallest absolute Gasteiger partial charge is 0.462 e. The number of likely N-dealkylation sites (N-methyl/N-ethyl adjacent to an activating group) is 1. The number of phosphoric ester groups is 1. The second kappa shape index (κ2) is 69.4. The van der Waals surface area contributed by atoms with Gasteiger partial charge in [0.25, 0.3) is 0 Å². The van der Waals surface area contributed by atoms with Crippen molar-refractivity contribution >= 4 is 19.8 Å². The highest BCUT2D eigenvalue weighted by Gasteiger charge is 2.27. The number of carbonyl (C=O) groups is 2. The Kier molecular flexibility index (Phi) is 64.9. The molecule has 0 radical (unpaired) electrons. The highest BCUT2D eigenvalue weighted by atomic mass is 31.2. The summed E-state index contributed by atoms with van der Waals surface area (Å²) in [5, 5.41) is 0. The van der Waals surface area contributed by atoms with E-state index in [4.69, 9.17) is 18.5 Å². The van der Waals surface area contributed by atoms with Crippen LogP contribution in [0.15, 0.2) is 231 Å². The lowest BCUT2D eigenvalue weighted by Gasteiger charge is -2.24. The fourth-order valence-corrected chi connectivity index (χ4v) is 9.13. The molecular weight excluding hydrogens is 1160 g/mol. The second-order valence-electron chi connectivity index (χ2n) is 23.4. The van der Waals surface area contributed by atoms with E-state index < -0.39 is 32.5 Å². The second-order valence-corrected chi connectivity index (χ2v) is 24.9. The van der Waals surface area contributed by atoms with E-state index in [1.165, 1.54) is 0 Å². The largest absolute Gasteiger partial charge is 0.472 e. The summed E-state index contributed by atoms with van der Waals surface area (Å²) in [7, 11) is 1.41. The number of nitrogens with zero attached hydrogens (tertiary/aromatic N) is 1. The molecule has 9 nitrogen and oxygen atoms in total. The van der Waals surface area contributed by atoms with Gasteiger partial charge in [0, 0.05) is 12.8 Å². The van der Waals surface area contributed by atoms with Crippen molar-refractivity contribution in [2.45, 2.75) is 225 Å². The number of allylic oxidation sites excluding steroid dienone is 38. The number of unbranched alkanes of at least 4 members (excludes halogenated alkanes) is 9. The maximum atomic E-state index is 12.9. The highest BCUT2D eigenvalue weighted by Crippen LogP contribution is 2.43. The summed E-state index contributed by atoms with van der Waals surface area (Å²) < 4.78 is 34.6. The first-order valence-corrected chi connectivity index (χ1v) is 36.6. The molecule has 0 heterocycles. The van der Waals surface area contributed by atoms with Gasteiger partial charge in [0.2, 0.25) is 0 Å². The van der Waals surface area contributed by atoms with E-state index in [1.54, 1.807) is 0 Å². The first kappa shape index (κ1) is 86.1. The Labute approximate surface area is 562 Å². The lowest BCUT2D eigenvalue weighted by atomic mass is 10.1. The van der Waals surface area contributed by atoms with Crippen LogP contribution >= 0.6 is 7.82 Å². The molecule has 0 fully saturated rings. The zero-order valence-corrected chi connectivity index (χ0v) is 59.1. The molecular formula is C82H127NO8P+. The van der Waals surface area contributed by atoms with Gasteiger partial charge in [0.15, 0.2) is 6.10 Å². The molecule has 0 saturated carbocycles. The van der Waals surface area contributed by atoms with Crippen LogP contribution in [0.3, 0.4) is 0 Å². The van der Waals surface area contributed by atoms with Crippen molar-refractivity contribution in [2.75, 3.05) is 47.5 Å². The van der Waals surface area contributed by atoms with Crippen LogP contribution in [-0.2, 0) is 32.7 Å². The Morgan fingerprint density at radius 2 is 0.587 bits per heavy atom. The maximum Gasteiger partial charge on any atom is 0.472 e. The van der Waals surface area contributed by atoms with Crippen LogP contribution in [0.25, 0.3) is 0 Å². The summed E-state index contributed by atoms with van der Waals surface area (Å²) in [5.41, 5.74) is 0. The Hall–Kier alpha value is -5.93. The van der Waals surface area contributed by atoms with Gasteiger partial charge in [-0.2, -0.15) is 0 Å². The number of quaternary nitrogens is 1. The molecule has 0 aliphatic rings. The molecule has 512 valence electrons. The lowest BCUT2D eigenvalue weighted by molar-refractivity contribution is -0.870. The van der Waals surface area contributed by atoms with E-state index in [1.807, 2.05) is 21.1 Å². The summed E-state index contributed by atoms with van der Waals surface area (Å²) in [6, 6.07) is 0. The third kappa shape index (κ3) is 73.1. The predicted molar refractivity (Wildman–Crippen MR) is 398 cm³/mol. The molecule has 0 saturated heterocycles. The van der Waals surface area contributed by atoms with Crippen LogP contribution in [0.2, 0.25) is 0 Å². The quantitative estimate of drug-likeness (QED) is 0.0211. The number of hydrogen-bond acceptors (Lipinski definition) is 7. The number of hydrogen-bond donors (Lipinski definition) is 1. The average molecular weight is 1290 g/mol. The van der Waals surface area contributed by atoms with Gasteiger partial charge in [-0.05, 0) is 161 Å². The minimum Gasteiger partial charge on any atom is -0.462 e. The number of rotatable bonds is 61. The molecule has 2 unspecified atom stereocenters. The SMILES string of the molecule is CC/C=C\C/C=C\C/C=C\C/C=C\C/C=C\C/C=C\C/C=C\C/C=C\C/C=C\C/C=C\CCCCCCC(=O)OC(COC(=O)CCCCCCC/C=C\C/C=C\C/C=C\C/C=C\C/C=C\C/C=C\C/C=C\C/C=C\C/C=C\CC)COP(=O)(O)OCC[N+](C)(C)C. The van der Waals surface area contributed by atoms with Crippen LogP contribution in [0, 0.1) is 0 Å². The monoisotopic (exact) mass is 1280 g/mol. The van der Waals surface area contributed by atoms with Crippen molar-refractivity contribution in [2.24, 2.45) is 0 Å². The van der Waals surface area contributed by atoms with Gasteiger partial charge < -0.3 is 18.9 Å². The number of ether oxygens (including phenoxy) is 2. The topological polar surface area (TPSA) is 108 Å². The Morgan fingerprint density at radius 1 is 0.337 bits per heavy atom. The molecule has 0 amide bonds. The summed E-state index contributed by atoms with van der Waals surface area (Å²) in [6.07, 6.45) is 113. The molecule has 0 spiro atoms. The average Bonchev–Trinajstić information content (AvgIpc) is 2.14. The van der Waals surface area contributed by atoms with Gasteiger partial charge in [-0.1, -0.05) is 277 Å². The van der Waals surface area contributed by atoms with E-state index in [0.29, 0.717) is 23.9 Å². The number of esters is 2. The molecule has 0 aromatic rings. The van der Waals surface area contributed by atoms with Crippen LogP contribution in [0.1, 0.15) is 219 Å². The fraction of sp³-hybridized carbons (Fsp3) is 0.512. The Morgan fingerprint density at radius 3 is 0.870 bits per heavy atom. The minimum atomic E-state index is -4.42. The van der Waals surface area contributed by atoms with E-state index in [2.05, 4.69) is 245 Å². The molecule has 0 aromatic heterocycles. The summed E-state index contributed by atoms with van der Waals surface area (Å²) in [5.74, 6) is -0.870. The Balaban J connectivity index is 4.27. The van der Waals surface area contributed by atoms with Gasteiger partial charge in [-0.3, -0.25) is 18.6 Å². The van der Waals surface area contributed by atoms with Crippen molar-refractivity contribution < 1.29 is 42.1 Å². The van der Waals surface area contributed by atoms with Crippen molar-refractivity contribution in [3.63, 3.8) is 0 Å². The fourth-order valence-electron chi connectivity index (χ4n) is 8.39. The van der Waals surface area contributed by atoms with Crippen LogP contribution in [0.5, 0.6) is 0 Å². The van der Waals surface area contributed by atoms with E-state index in [0.717, 1.165) is 180 Å². The molecule has 0 aliphatic heterocycles. The molecule has 10 heteroatoms. The zero-order valence-electron chi connectivity index (χ0n) is 58.2. The predicted octanol–water partition coefficient (Wildman–Crippen LogP) is 23.4. The van der Waals surface area contributed by atoms with Gasteiger partial charge in [0.1, 0.15) is 19.8 Å². The third-order valence-corrected chi connectivity index (χ3v) is 14.7. The minimum absolute atomic E-state index is 0.00869. The van der Waals surface area contributed by atoms with E-state index in [-0.39, 0.29) is 26.1 Å². The summed E-state index contributed by atoms with van der Waals surface area (Å²) in [4.78, 5) is 35.9. The normalized spacial score (nSPS) is 14.5. The molecule has 0 bridgehead atoms. The van der Waals surface area contributed by atoms with Gasteiger partial charge in [0.05, 0.1) is 27.7 Å². The van der Waals surface area contributed by atoms with E-state index >= 15 is 0 Å². The van der Waals surface area contributed by atoms with Gasteiger partial charge in [-0.25, -0.2) is 4.57 Å². The first-order valence-electron chi connectivity index (χ1n) is 35.1. The van der Waals surface area contributed by atoms with Crippen molar-refractivity contribution in [1.82, 2.24) is 0 Å². The molecule has 0 aromatic carbocycles. The summed E-state index contributed by atoms with van der Waals surface area (Å²) in [6.45, 7) is 4.11. The Bertz CT molecular complexity index is 2400. The number of carbonyl (C=O) groups excluding carboxylic acids is 2. The van der Waals surface area contributed by atoms with Crippen LogP contribution < -0.4 is 0 Å². The highest BCUT2D eigenvalue weighted by molar-refractivity contribution is 7.47. The van der Waals surface area contributed by atoms with Gasteiger partial charge in [-0.15, -0.1) is 0 Å². The molecule has 0 aliphatic carbocycles. The lowest BCUT2D eigenvalue weighted by Crippen LogP contribution is -2.37. The zero-order chi connectivity index (χ0) is 66.9.